The topological polar surface area (TPSA) is 24.5 Å². The van der Waals surface area contributed by atoms with Crippen molar-refractivity contribution in [2.75, 3.05) is 39.1 Å². The number of methoxy groups -OCH3 is 1. The van der Waals surface area contributed by atoms with Crippen LogP contribution in [0, 0.1) is 5.92 Å². The van der Waals surface area contributed by atoms with E-state index in [1.807, 2.05) is 18.2 Å². The van der Waals surface area contributed by atoms with E-state index in [0.29, 0.717) is 0 Å². The summed E-state index contributed by atoms with van der Waals surface area (Å²) in [7, 11) is 3.90. The van der Waals surface area contributed by atoms with Gasteiger partial charge in [0, 0.05) is 23.6 Å². The fourth-order valence-electron chi connectivity index (χ4n) is 2.46. The lowest BCUT2D eigenvalue weighted by Crippen LogP contribution is -2.35. The Bertz CT molecular complexity index is 397. The molecule has 0 radical (unpaired) electrons. The molecule has 1 aliphatic heterocycles. The van der Waals surface area contributed by atoms with Crippen molar-refractivity contribution in [3.63, 3.8) is 0 Å². The van der Waals surface area contributed by atoms with Gasteiger partial charge in [-0.3, -0.25) is 0 Å². The van der Waals surface area contributed by atoms with E-state index < -0.39 is 0 Å². The summed E-state index contributed by atoms with van der Waals surface area (Å²) in [4.78, 5) is 2.41. The highest BCUT2D eigenvalue weighted by atomic mass is 79.9. The Balaban J connectivity index is 1.92. The maximum atomic E-state index is 5.25. The lowest BCUT2D eigenvalue weighted by molar-refractivity contribution is 0.217. The summed E-state index contributed by atoms with van der Waals surface area (Å²) in [5.74, 6) is 1.63. The molecule has 0 spiro atoms. The van der Waals surface area contributed by atoms with Gasteiger partial charge in [0.15, 0.2) is 0 Å². The Morgan fingerprint density at radius 1 is 1.50 bits per heavy atom. The highest BCUT2D eigenvalue weighted by Gasteiger charge is 2.17. The monoisotopic (exact) mass is 312 g/mol. The van der Waals surface area contributed by atoms with Gasteiger partial charge in [-0.05, 0) is 60.4 Å². The van der Waals surface area contributed by atoms with Gasteiger partial charge in [0.05, 0.1) is 12.8 Å². The molecule has 1 atom stereocenters. The lowest BCUT2D eigenvalue weighted by atomic mass is 9.98. The van der Waals surface area contributed by atoms with Crippen LogP contribution in [-0.2, 0) is 0 Å². The second kappa shape index (κ2) is 6.43. The maximum Gasteiger partial charge on any atom is 0.121 e. The van der Waals surface area contributed by atoms with Crippen molar-refractivity contribution in [3.05, 3.63) is 22.7 Å². The number of nitrogens with one attached hydrogen (secondary N) is 1. The highest BCUT2D eigenvalue weighted by Crippen LogP contribution is 2.27. The predicted molar refractivity (Wildman–Crippen MR) is 79.4 cm³/mol. The SMILES string of the molecule is COc1ccc(Br)c(NCC2CCCN(C)C2)c1. The molecule has 1 N–H and O–H groups in total. The van der Waals surface area contributed by atoms with Crippen molar-refractivity contribution < 1.29 is 4.74 Å². The van der Waals surface area contributed by atoms with Gasteiger partial charge in [-0.15, -0.1) is 0 Å². The van der Waals surface area contributed by atoms with Crippen molar-refractivity contribution in [2.24, 2.45) is 5.92 Å². The average Bonchev–Trinajstić information content (AvgIpc) is 2.38. The van der Waals surface area contributed by atoms with E-state index in [4.69, 9.17) is 4.74 Å². The number of hydrogen-bond donors (Lipinski definition) is 1. The molecule has 0 amide bonds. The summed E-state index contributed by atoms with van der Waals surface area (Å²) in [6.45, 7) is 3.45. The van der Waals surface area contributed by atoms with Gasteiger partial charge >= 0.3 is 0 Å². The van der Waals surface area contributed by atoms with E-state index in [1.165, 1.54) is 25.9 Å². The molecule has 0 bridgehead atoms. The lowest BCUT2D eigenvalue weighted by Gasteiger charge is -2.30. The van der Waals surface area contributed by atoms with E-state index in [2.05, 4.69) is 33.2 Å². The number of piperidine rings is 1. The van der Waals surface area contributed by atoms with Crippen LogP contribution < -0.4 is 10.1 Å². The number of likely N-dealkylation sites (tertiary alicyclic amines) is 1. The van der Waals surface area contributed by atoms with Crippen LogP contribution in [0.25, 0.3) is 0 Å². The number of halogens is 1. The molecule has 100 valence electrons. The third-order valence-corrected chi connectivity index (χ3v) is 4.17. The van der Waals surface area contributed by atoms with Gasteiger partial charge in [-0.25, -0.2) is 0 Å². The molecule has 0 saturated carbocycles. The minimum Gasteiger partial charge on any atom is -0.497 e. The van der Waals surface area contributed by atoms with Crippen LogP contribution in [0.1, 0.15) is 12.8 Å². The summed E-state index contributed by atoms with van der Waals surface area (Å²) in [6, 6.07) is 6.02. The van der Waals surface area contributed by atoms with Gasteiger partial charge in [0.1, 0.15) is 5.75 Å². The van der Waals surface area contributed by atoms with Gasteiger partial charge < -0.3 is 15.0 Å². The van der Waals surface area contributed by atoms with Gasteiger partial charge in [-0.1, -0.05) is 0 Å². The molecule has 1 aromatic rings. The van der Waals surface area contributed by atoms with Crippen LogP contribution in [0.4, 0.5) is 5.69 Å². The summed E-state index contributed by atoms with van der Waals surface area (Å²) < 4.78 is 6.34. The second-order valence-electron chi connectivity index (χ2n) is 5.00. The number of ether oxygens (including phenoxy) is 1. The largest absolute Gasteiger partial charge is 0.497 e. The fourth-order valence-corrected chi connectivity index (χ4v) is 2.85. The van der Waals surface area contributed by atoms with E-state index in [1.54, 1.807) is 7.11 Å². The molecule has 1 saturated heterocycles. The van der Waals surface area contributed by atoms with E-state index in [9.17, 15) is 0 Å². The first kappa shape index (κ1) is 13.7. The molecule has 1 unspecified atom stereocenters. The Hall–Kier alpha value is -0.740. The first-order valence-corrected chi connectivity index (χ1v) is 7.24. The molecule has 1 aromatic carbocycles. The van der Waals surface area contributed by atoms with Gasteiger partial charge in [0.25, 0.3) is 0 Å². The third kappa shape index (κ3) is 3.62. The highest BCUT2D eigenvalue weighted by molar-refractivity contribution is 9.10. The maximum absolute atomic E-state index is 5.25. The molecular formula is C14H21BrN2O. The minimum absolute atomic E-state index is 0.738. The van der Waals surface area contributed by atoms with Crippen LogP contribution in [0.3, 0.4) is 0 Å². The molecule has 4 heteroatoms. The molecule has 1 aliphatic rings. The Labute approximate surface area is 118 Å². The zero-order chi connectivity index (χ0) is 13.0. The molecule has 18 heavy (non-hydrogen) atoms. The van der Waals surface area contributed by atoms with Crippen LogP contribution >= 0.6 is 15.9 Å². The van der Waals surface area contributed by atoms with Gasteiger partial charge in [-0.2, -0.15) is 0 Å². The van der Waals surface area contributed by atoms with Crippen LogP contribution in [0.5, 0.6) is 5.75 Å². The number of nitrogens with zero attached hydrogens (tertiary/aromatic N) is 1. The summed E-state index contributed by atoms with van der Waals surface area (Å²) in [6.07, 6.45) is 2.63. The van der Waals surface area contributed by atoms with Crippen LogP contribution in [0.2, 0.25) is 0 Å². The van der Waals surface area contributed by atoms with Crippen LogP contribution in [0.15, 0.2) is 22.7 Å². The Kier molecular flexibility index (Phi) is 4.89. The molecule has 1 heterocycles. The summed E-state index contributed by atoms with van der Waals surface area (Å²) in [5, 5.41) is 3.52. The van der Waals surface area contributed by atoms with Gasteiger partial charge in [0.2, 0.25) is 0 Å². The van der Waals surface area contributed by atoms with Crippen molar-refractivity contribution >= 4 is 21.6 Å². The standard InChI is InChI=1S/C14H21BrN2O/c1-17-7-3-4-11(10-17)9-16-14-8-12(18-2)5-6-13(14)15/h5-6,8,11,16H,3-4,7,9-10H2,1-2H3. The normalized spacial score (nSPS) is 20.7. The van der Waals surface area contributed by atoms with Crippen LogP contribution in [-0.4, -0.2) is 38.7 Å². The smallest absolute Gasteiger partial charge is 0.121 e. The predicted octanol–water partition coefficient (Wildman–Crippen LogP) is 3.21. The first-order valence-electron chi connectivity index (χ1n) is 6.45. The third-order valence-electron chi connectivity index (χ3n) is 3.48. The quantitative estimate of drug-likeness (QED) is 0.924. The van der Waals surface area contributed by atoms with E-state index in [0.717, 1.165) is 28.4 Å². The molecule has 0 aromatic heterocycles. The second-order valence-corrected chi connectivity index (χ2v) is 5.85. The Morgan fingerprint density at radius 3 is 3.06 bits per heavy atom. The molecule has 1 fully saturated rings. The fraction of sp³-hybridized carbons (Fsp3) is 0.571. The molecule has 2 rings (SSSR count). The first-order chi connectivity index (χ1) is 8.69. The number of anilines is 1. The zero-order valence-corrected chi connectivity index (χ0v) is 12.7. The summed E-state index contributed by atoms with van der Waals surface area (Å²) >= 11 is 3.57. The zero-order valence-electron chi connectivity index (χ0n) is 11.1. The Morgan fingerprint density at radius 2 is 2.33 bits per heavy atom. The van der Waals surface area contributed by atoms with Crippen molar-refractivity contribution in [2.45, 2.75) is 12.8 Å². The van der Waals surface area contributed by atoms with Crippen molar-refractivity contribution in [3.8, 4) is 5.75 Å². The van der Waals surface area contributed by atoms with E-state index in [-0.39, 0.29) is 0 Å². The molecule has 3 nitrogen and oxygen atoms in total. The number of benzene rings is 1. The minimum atomic E-state index is 0.738. The molecule has 0 aliphatic carbocycles. The van der Waals surface area contributed by atoms with E-state index >= 15 is 0 Å². The van der Waals surface area contributed by atoms with Crippen molar-refractivity contribution in [1.29, 1.82) is 0 Å². The summed E-state index contributed by atoms with van der Waals surface area (Å²) in [5.41, 5.74) is 1.11. The average molecular weight is 313 g/mol. The number of rotatable bonds is 4. The number of hydrogen-bond acceptors (Lipinski definition) is 3. The van der Waals surface area contributed by atoms with Crippen molar-refractivity contribution in [1.82, 2.24) is 4.90 Å². The molecular weight excluding hydrogens is 292 g/mol.